The molecule has 2 saturated heterocycles. The van der Waals surface area contributed by atoms with E-state index in [1.165, 1.54) is 0 Å². The number of allylic oxidation sites excluding steroid dienone is 4. The molecule has 8 heteroatoms. The van der Waals surface area contributed by atoms with E-state index in [2.05, 4.69) is 28.8 Å². The Hall–Kier alpha value is -0.845. The van der Waals surface area contributed by atoms with E-state index < -0.39 is 0 Å². The van der Waals surface area contributed by atoms with Gasteiger partial charge >= 0.3 is 0 Å². The molecule has 1 aromatic carbocycles. The molecular formula is C21H24BO4PS2. The van der Waals surface area contributed by atoms with Crippen LogP contribution in [0.5, 0.6) is 5.75 Å². The van der Waals surface area contributed by atoms with Gasteiger partial charge in [0.25, 0.3) is 0 Å². The molecule has 2 heterocycles. The summed E-state index contributed by atoms with van der Waals surface area (Å²) in [5.41, 5.74) is 4.53. The average molecular weight is 446 g/mol. The monoisotopic (exact) mass is 446 g/mol. The Kier molecular flexibility index (Phi) is 6.43. The van der Waals surface area contributed by atoms with Gasteiger partial charge in [-0.05, 0) is 53.6 Å². The summed E-state index contributed by atoms with van der Waals surface area (Å²) in [7, 11) is 9.32. The summed E-state index contributed by atoms with van der Waals surface area (Å²) in [5, 5.41) is 1.04. The van der Waals surface area contributed by atoms with Crippen molar-refractivity contribution in [1.29, 1.82) is 0 Å². The van der Waals surface area contributed by atoms with Gasteiger partial charge in [0.1, 0.15) is 44.8 Å². The molecule has 29 heavy (non-hydrogen) atoms. The minimum Gasteiger partial charge on any atom is -0.495 e. The van der Waals surface area contributed by atoms with Crippen LogP contribution >= 0.6 is 34.5 Å². The first kappa shape index (κ1) is 21.4. The molecule has 0 amide bonds. The molecule has 0 N–H and O–H groups in total. The van der Waals surface area contributed by atoms with E-state index in [0.717, 1.165) is 57.2 Å². The van der Waals surface area contributed by atoms with Gasteiger partial charge in [0.15, 0.2) is 0 Å². The minimum absolute atomic E-state index is 0.171. The molecule has 1 aromatic rings. The molecule has 2 aliphatic heterocycles. The van der Waals surface area contributed by atoms with Crippen LogP contribution in [0.15, 0.2) is 33.0 Å². The highest BCUT2D eigenvalue weighted by molar-refractivity contribution is 7.85. The van der Waals surface area contributed by atoms with Crippen LogP contribution < -0.4 is 10.2 Å². The lowest BCUT2D eigenvalue weighted by Gasteiger charge is -2.22. The third kappa shape index (κ3) is 4.75. The average Bonchev–Trinajstić information content (AvgIpc) is 3.59. The van der Waals surface area contributed by atoms with Crippen LogP contribution in [0, 0.1) is 13.8 Å². The van der Waals surface area contributed by atoms with Gasteiger partial charge < -0.3 is 18.9 Å². The maximum atomic E-state index is 6.55. The van der Waals surface area contributed by atoms with Crippen molar-refractivity contribution in [3.8, 4) is 5.75 Å². The summed E-state index contributed by atoms with van der Waals surface area (Å²) in [5.74, 6) is 1.60. The summed E-state index contributed by atoms with van der Waals surface area (Å²) >= 11 is 9.49. The molecule has 3 atom stereocenters. The third-order valence-corrected chi connectivity index (χ3v) is 7.03. The highest BCUT2D eigenvalue weighted by atomic mass is 32.1. The van der Waals surface area contributed by atoms with Crippen LogP contribution in [-0.2, 0) is 14.2 Å². The smallest absolute Gasteiger partial charge is 0.135 e. The fourth-order valence-corrected chi connectivity index (χ4v) is 4.23. The van der Waals surface area contributed by atoms with E-state index >= 15 is 0 Å². The van der Waals surface area contributed by atoms with Crippen molar-refractivity contribution in [1.82, 2.24) is 0 Å². The molecule has 4 nitrogen and oxygen atoms in total. The standard InChI is InChI=1S/C21H24BO4PS2/c1-10-11(2)19(26-9-14-8-25-14)21(29)18(22)17(10)15-4-3-12(5-16(27)20(15)28)23-6-13-7-24-13/h3-4,13-14,28-29H,5-9,27H2,1-2H3. The lowest BCUT2D eigenvalue weighted by molar-refractivity contribution is 0.179. The second-order valence-electron chi connectivity index (χ2n) is 7.51. The van der Waals surface area contributed by atoms with Crippen molar-refractivity contribution in [3.63, 3.8) is 0 Å². The molecule has 0 spiro atoms. The van der Waals surface area contributed by atoms with Crippen LogP contribution in [0.2, 0.25) is 0 Å². The van der Waals surface area contributed by atoms with Gasteiger partial charge in [-0.3, -0.25) is 0 Å². The summed E-state index contributed by atoms with van der Waals surface area (Å²) in [6, 6.07) is 0. The number of thiol groups is 2. The largest absolute Gasteiger partial charge is 0.495 e. The molecule has 2 radical (unpaired) electrons. The Morgan fingerprint density at radius 1 is 1.07 bits per heavy atom. The van der Waals surface area contributed by atoms with E-state index in [1.807, 2.05) is 19.1 Å². The molecule has 0 aromatic heterocycles. The molecular weight excluding hydrogens is 422 g/mol. The summed E-state index contributed by atoms with van der Waals surface area (Å²) < 4.78 is 22.3. The predicted octanol–water partition coefficient (Wildman–Crippen LogP) is 3.27. The Morgan fingerprint density at radius 2 is 1.69 bits per heavy atom. The van der Waals surface area contributed by atoms with E-state index in [0.29, 0.717) is 30.0 Å². The first-order valence-corrected chi connectivity index (χ1v) is 11.0. The lowest BCUT2D eigenvalue weighted by atomic mass is 9.81. The Bertz CT molecular complexity index is 904. The number of benzene rings is 1. The van der Waals surface area contributed by atoms with Crippen LogP contribution in [0.1, 0.15) is 23.1 Å². The lowest BCUT2D eigenvalue weighted by Crippen LogP contribution is -2.19. The summed E-state index contributed by atoms with van der Waals surface area (Å²) in [6.45, 7) is 6.69. The van der Waals surface area contributed by atoms with Crippen LogP contribution in [-0.4, -0.2) is 46.5 Å². The van der Waals surface area contributed by atoms with Crippen molar-refractivity contribution >= 4 is 53.4 Å². The van der Waals surface area contributed by atoms with Crippen molar-refractivity contribution in [3.05, 3.63) is 44.8 Å². The van der Waals surface area contributed by atoms with Crippen LogP contribution in [0.25, 0.3) is 5.57 Å². The first-order valence-electron chi connectivity index (χ1n) is 9.56. The van der Waals surface area contributed by atoms with Gasteiger partial charge in [0.2, 0.25) is 0 Å². The zero-order valence-electron chi connectivity index (χ0n) is 16.5. The van der Waals surface area contributed by atoms with Gasteiger partial charge in [0, 0.05) is 16.2 Å². The number of ether oxygens (including phenoxy) is 4. The highest BCUT2D eigenvalue weighted by Crippen LogP contribution is 2.40. The van der Waals surface area contributed by atoms with Crippen LogP contribution in [0.4, 0.5) is 0 Å². The van der Waals surface area contributed by atoms with Crippen molar-refractivity contribution in [2.45, 2.75) is 37.4 Å². The molecule has 0 bridgehead atoms. The maximum absolute atomic E-state index is 6.55. The number of hydrogen-bond acceptors (Lipinski definition) is 6. The van der Waals surface area contributed by atoms with E-state index in [9.17, 15) is 0 Å². The second kappa shape index (κ2) is 8.72. The zero-order valence-corrected chi connectivity index (χ0v) is 19.5. The molecule has 0 saturated carbocycles. The van der Waals surface area contributed by atoms with Gasteiger partial charge in [-0.1, -0.05) is 5.46 Å². The molecule has 4 rings (SSSR count). The third-order valence-electron chi connectivity index (χ3n) is 5.32. The predicted molar refractivity (Wildman–Crippen MR) is 126 cm³/mol. The Balaban J connectivity index is 1.70. The van der Waals surface area contributed by atoms with Gasteiger partial charge in [-0.25, -0.2) is 0 Å². The van der Waals surface area contributed by atoms with E-state index in [4.69, 9.17) is 39.4 Å². The number of rotatable bonds is 7. The Labute approximate surface area is 186 Å². The molecule has 152 valence electrons. The molecule has 3 unspecified atom stereocenters. The van der Waals surface area contributed by atoms with Gasteiger partial charge in [-0.2, -0.15) is 0 Å². The normalized spacial score (nSPS) is 23.3. The first-order chi connectivity index (χ1) is 13.9. The van der Waals surface area contributed by atoms with Crippen LogP contribution in [0.3, 0.4) is 0 Å². The van der Waals surface area contributed by atoms with Gasteiger partial charge in [-0.15, -0.1) is 34.5 Å². The quantitative estimate of drug-likeness (QED) is 0.292. The SMILES string of the molecule is [B]c1c(S)c(OCC2CO2)c(C)c(C)c1C1=CC=C(OCC2CO2)CC(P)=C1S. The topological polar surface area (TPSA) is 43.5 Å². The summed E-state index contributed by atoms with van der Waals surface area (Å²) in [4.78, 5) is 1.51. The van der Waals surface area contributed by atoms with E-state index in [-0.39, 0.29) is 12.2 Å². The molecule has 2 fully saturated rings. The maximum Gasteiger partial charge on any atom is 0.135 e. The molecule has 1 aliphatic carbocycles. The minimum atomic E-state index is 0.171. The fourth-order valence-electron chi connectivity index (χ4n) is 3.27. The molecule has 3 aliphatic rings. The van der Waals surface area contributed by atoms with Crippen molar-refractivity contribution < 1.29 is 18.9 Å². The highest BCUT2D eigenvalue weighted by Gasteiger charge is 2.27. The van der Waals surface area contributed by atoms with E-state index in [1.54, 1.807) is 0 Å². The fraction of sp³-hybridized carbons (Fsp3) is 0.429. The van der Waals surface area contributed by atoms with Gasteiger partial charge in [0.05, 0.1) is 13.2 Å². The second-order valence-corrected chi connectivity index (χ2v) is 9.10. The van der Waals surface area contributed by atoms with Crippen molar-refractivity contribution in [2.24, 2.45) is 0 Å². The van der Waals surface area contributed by atoms with Crippen molar-refractivity contribution in [2.75, 3.05) is 26.4 Å². The Morgan fingerprint density at radius 3 is 2.31 bits per heavy atom. The summed E-state index contributed by atoms with van der Waals surface area (Å²) in [6.07, 6.45) is 5.07. The number of hydrogen-bond donors (Lipinski definition) is 2. The number of epoxide rings is 2. The zero-order chi connectivity index (χ0) is 20.7.